The van der Waals surface area contributed by atoms with Gasteiger partial charge in [-0.2, -0.15) is 0 Å². The fourth-order valence-corrected chi connectivity index (χ4v) is 2.93. The van der Waals surface area contributed by atoms with Gasteiger partial charge in [-0.15, -0.1) is 0 Å². The maximum atomic E-state index is 11.5. The van der Waals surface area contributed by atoms with Crippen LogP contribution in [0.5, 0.6) is 0 Å². The van der Waals surface area contributed by atoms with Gasteiger partial charge in [-0.1, -0.05) is 20.8 Å². The van der Waals surface area contributed by atoms with Crippen LogP contribution in [0.25, 0.3) is 0 Å². The topological polar surface area (TPSA) is 49.9 Å². The van der Waals surface area contributed by atoms with Gasteiger partial charge in [-0.05, 0) is 18.1 Å². The van der Waals surface area contributed by atoms with Crippen molar-refractivity contribution in [1.29, 1.82) is 0 Å². The first kappa shape index (κ1) is 20.1. The molecule has 0 spiro atoms. The van der Waals surface area contributed by atoms with Crippen LogP contribution < -0.4 is 0 Å². The minimum absolute atomic E-state index is 0.00399. The highest BCUT2D eigenvalue weighted by atomic mass is 28.4. The van der Waals surface area contributed by atoms with Crippen LogP contribution in [-0.4, -0.2) is 63.2 Å². The molecule has 0 saturated heterocycles. The Morgan fingerprint density at radius 1 is 1.00 bits per heavy atom. The van der Waals surface area contributed by atoms with Gasteiger partial charge >= 0.3 is 0 Å². The third-order valence-electron chi connectivity index (χ3n) is 4.30. The lowest BCUT2D eigenvalue weighted by molar-refractivity contribution is -0.130. The number of rotatable bonds is 6. The highest BCUT2D eigenvalue weighted by Crippen LogP contribution is 2.37. The second kappa shape index (κ2) is 7.40. The molecule has 0 aromatic heterocycles. The number of hydrogen-bond acceptors (Lipinski definition) is 3. The van der Waals surface area contributed by atoms with E-state index < -0.39 is 8.32 Å². The second-order valence-corrected chi connectivity index (χ2v) is 12.1. The Labute approximate surface area is 130 Å². The van der Waals surface area contributed by atoms with Gasteiger partial charge in [0.25, 0.3) is 0 Å². The fourth-order valence-electron chi connectivity index (χ4n) is 1.59. The lowest BCUT2D eigenvalue weighted by atomic mass is 10.2. The molecule has 0 unspecified atom stereocenters. The lowest BCUT2D eigenvalue weighted by Gasteiger charge is -2.41. The molecule has 0 radical (unpaired) electrons. The summed E-state index contributed by atoms with van der Waals surface area (Å²) >= 11 is 0. The van der Waals surface area contributed by atoms with Gasteiger partial charge in [0.05, 0.1) is 6.10 Å². The standard InChI is InChI=1S/C15H32N2O3Si/c1-12(18)16(6)10-14(11-17(7)13(2)19)20-21(8,9)15(3,4)5/h14H,10-11H2,1-9H3. The van der Waals surface area contributed by atoms with Gasteiger partial charge in [-0.3, -0.25) is 9.59 Å². The molecule has 2 amide bonds. The Bertz CT molecular complexity index is 356. The van der Waals surface area contributed by atoms with Crippen molar-refractivity contribution in [3.8, 4) is 0 Å². The number of nitrogens with zero attached hydrogens (tertiary/aromatic N) is 2. The maximum absolute atomic E-state index is 11.5. The van der Waals surface area contributed by atoms with E-state index in [1.165, 1.54) is 13.8 Å². The molecule has 0 N–H and O–H groups in total. The molecule has 0 aromatic rings. The van der Waals surface area contributed by atoms with Crippen LogP contribution in [0.3, 0.4) is 0 Å². The summed E-state index contributed by atoms with van der Waals surface area (Å²) in [6, 6.07) is 0. The highest BCUT2D eigenvalue weighted by Gasteiger charge is 2.39. The quantitative estimate of drug-likeness (QED) is 0.707. The summed E-state index contributed by atoms with van der Waals surface area (Å²) in [6.07, 6.45) is -0.159. The zero-order chi connectivity index (χ0) is 17.0. The van der Waals surface area contributed by atoms with Crippen LogP contribution in [0.1, 0.15) is 34.6 Å². The molecule has 0 aromatic carbocycles. The summed E-state index contributed by atoms with van der Waals surface area (Å²) in [7, 11) is 1.58. The molecular weight excluding hydrogens is 284 g/mol. The zero-order valence-electron chi connectivity index (χ0n) is 15.1. The van der Waals surface area contributed by atoms with Crippen molar-refractivity contribution in [2.75, 3.05) is 27.2 Å². The van der Waals surface area contributed by atoms with Crippen molar-refractivity contribution >= 4 is 20.1 Å². The monoisotopic (exact) mass is 316 g/mol. The lowest BCUT2D eigenvalue weighted by Crippen LogP contribution is -2.50. The Balaban J connectivity index is 5.04. The number of likely N-dealkylation sites (N-methyl/N-ethyl adjacent to an activating group) is 2. The smallest absolute Gasteiger partial charge is 0.219 e. The molecule has 21 heavy (non-hydrogen) atoms. The molecule has 0 heterocycles. The number of amides is 2. The molecule has 0 fully saturated rings. The van der Waals surface area contributed by atoms with E-state index in [2.05, 4.69) is 33.9 Å². The normalized spacial score (nSPS) is 12.5. The van der Waals surface area contributed by atoms with Crippen molar-refractivity contribution < 1.29 is 14.0 Å². The molecule has 0 atom stereocenters. The highest BCUT2D eigenvalue weighted by molar-refractivity contribution is 6.74. The van der Waals surface area contributed by atoms with Gasteiger partial charge < -0.3 is 14.2 Å². The summed E-state index contributed by atoms with van der Waals surface area (Å²) in [5.74, 6) is 0.00798. The van der Waals surface area contributed by atoms with Gasteiger partial charge in [0.2, 0.25) is 11.8 Å². The third-order valence-corrected chi connectivity index (χ3v) is 8.83. The Morgan fingerprint density at radius 3 is 1.57 bits per heavy atom. The molecule has 0 rings (SSSR count). The summed E-state index contributed by atoms with van der Waals surface area (Å²) < 4.78 is 6.40. The fraction of sp³-hybridized carbons (Fsp3) is 0.867. The number of hydrogen-bond donors (Lipinski definition) is 0. The molecule has 0 bridgehead atoms. The van der Waals surface area contributed by atoms with E-state index in [-0.39, 0.29) is 23.0 Å². The molecule has 0 aliphatic rings. The minimum atomic E-state index is -1.95. The molecule has 124 valence electrons. The van der Waals surface area contributed by atoms with E-state index >= 15 is 0 Å². The first-order valence-corrected chi connectivity index (χ1v) is 10.3. The summed E-state index contributed by atoms with van der Waals surface area (Å²) in [4.78, 5) is 26.2. The van der Waals surface area contributed by atoms with Gasteiger partial charge in [0.15, 0.2) is 8.32 Å². The van der Waals surface area contributed by atoms with E-state index in [4.69, 9.17) is 4.43 Å². The maximum Gasteiger partial charge on any atom is 0.219 e. The second-order valence-electron chi connectivity index (χ2n) is 7.30. The third kappa shape index (κ3) is 6.61. The summed E-state index contributed by atoms with van der Waals surface area (Å²) in [6.45, 7) is 15.0. The van der Waals surface area contributed by atoms with Crippen LogP contribution in [0.4, 0.5) is 0 Å². The molecule has 6 heteroatoms. The van der Waals surface area contributed by atoms with Crippen molar-refractivity contribution in [3.63, 3.8) is 0 Å². The Hall–Kier alpha value is -0.883. The van der Waals surface area contributed by atoms with E-state index in [1.807, 2.05) is 0 Å². The summed E-state index contributed by atoms with van der Waals surface area (Å²) in [5.41, 5.74) is 0. The Kier molecular flexibility index (Phi) is 7.09. The molecule has 0 aliphatic heterocycles. The SMILES string of the molecule is CC(=O)N(C)CC(CN(C)C(C)=O)O[Si](C)(C)C(C)(C)C. The van der Waals surface area contributed by atoms with Crippen molar-refractivity contribution in [2.45, 2.75) is 58.9 Å². The summed E-state index contributed by atoms with van der Waals surface area (Å²) in [5, 5.41) is 0.0921. The predicted molar refractivity (Wildman–Crippen MR) is 88.7 cm³/mol. The first-order valence-electron chi connectivity index (χ1n) is 7.39. The van der Waals surface area contributed by atoms with E-state index in [1.54, 1.807) is 23.9 Å². The number of carbonyl (C=O) groups excluding carboxylic acids is 2. The molecular formula is C15H32N2O3Si. The predicted octanol–water partition coefficient (Wildman–Crippen LogP) is 2.33. The average Bonchev–Trinajstić information content (AvgIpc) is 2.25. The largest absolute Gasteiger partial charge is 0.410 e. The van der Waals surface area contributed by atoms with Gasteiger partial charge in [-0.25, -0.2) is 0 Å². The van der Waals surface area contributed by atoms with Gasteiger partial charge in [0, 0.05) is 41.0 Å². The number of carbonyl (C=O) groups is 2. The van der Waals surface area contributed by atoms with Crippen LogP contribution in [0.15, 0.2) is 0 Å². The van der Waals surface area contributed by atoms with Crippen LogP contribution in [0.2, 0.25) is 18.1 Å². The molecule has 0 aliphatic carbocycles. The van der Waals surface area contributed by atoms with E-state index in [0.29, 0.717) is 13.1 Å². The van der Waals surface area contributed by atoms with Gasteiger partial charge in [0.1, 0.15) is 0 Å². The molecule has 5 nitrogen and oxygen atoms in total. The van der Waals surface area contributed by atoms with Crippen molar-refractivity contribution in [3.05, 3.63) is 0 Å². The Morgan fingerprint density at radius 2 is 1.33 bits per heavy atom. The van der Waals surface area contributed by atoms with Crippen LogP contribution in [0, 0.1) is 0 Å². The van der Waals surface area contributed by atoms with E-state index in [0.717, 1.165) is 0 Å². The minimum Gasteiger partial charge on any atom is -0.410 e. The van der Waals surface area contributed by atoms with Crippen molar-refractivity contribution in [1.82, 2.24) is 9.80 Å². The van der Waals surface area contributed by atoms with Crippen molar-refractivity contribution in [2.24, 2.45) is 0 Å². The van der Waals surface area contributed by atoms with Crippen LogP contribution >= 0.6 is 0 Å². The first-order chi connectivity index (χ1) is 9.28. The van der Waals surface area contributed by atoms with E-state index in [9.17, 15) is 9.59 Å². The van der Waals surface area contributed by atoms with Crippen LogP contribution in [-0.2, 0) is 14.0 Å². The average molecular weight is 317 g/mol. The molecule has 0 saturated carbocycles. The zero-order valence-corrected chi connectivity index (χ0v) is 16.1.